The first-order valence-electron chi connectivity index (χ1n) is 17.0. The third-order valence-corrected chi connectivity index (χ3v) is 10.7. The average molecular weight is 645 g/mol. The summed E-state index contributed by atoms with van der Waals surface area (Å²) in [6.07, 6.45) is 0. The number of hydrogen-bond acceptors (Lipinski definition) is 3. The van der Waals surface area contributed by atoms with Crippen molar-refractivity contribution in [2.24, 2.45) is 0 Å². The van der Waals surface area contributed by atoms with Crippen LogP contribution in [0.4, 0.5) is 17.1 Å². The van der Waals surface area contributed by atoms with Crippen molar-refractivity contribution >= 4 is 81.3 Å². The van der Waals surface area contributed by atoms with E-state index in [2.05, 4.69) is 150 Å². The predicted molar refractivity (Wildman–Crippen MR) is 210 cm³/mol. The van der Waals surface area contributed by atoms with E-state index < -0.39 is 0 Å². The van der Waals surface area contributed by atoms with Gasteiger partial charge in [-0.1, -0.05) is 121 Å². The Labute approximate surface area is 289 Å². The van der Waals surface area contributed by atoms with Gasteiger partial charge in [0.15, 0.2) is 0 Å². The first-order chi connectivity index (χ1) is 24.7. The van der Waals surface area contributed by atoms with Crippen LogP contribution in [0.25, 0.3) is 75.1 Å². The lowest BCUT2D eigenvalue weighted by molar-refractivity contribution is 0.669. The monoisotopic (exact) mass is 644 g/mol. The number of rotatable bonds is 5. The molecule has 0 unspecified atom stereocenters. The van der Waals surface area contributed by atoms with E-state index >= 15 is 0 Å². The number of nitrogens with zero attached hydrogens (tertiary/aromatic N) is 1. The molecule has 0 saturated heterocycles. The highest BCUT2D eigenvalue weighted by molar-refractivity contribution is 7.26. The second-order valence-corrected chi connectivity index (χ2v) is 13.5. The fourth-order valence-corrected chi connectivity index (χ4v) is 8.46. The van der Waals surface area contributed by atoms with Gasteiger partial charge in [0.05, 0.1) is 7.06 Å². The molecule has 0 bridgehead atoms. The molecule has 0 aliphatic rings. The van der Waals surface area contributed by atoms with E-state index in [0.29, 0.717) is 6.04 Å². The van der Waals surface area contributed by atoms with Crippen LogP contribution >= 0.6 is 11.3 Å². The Morgan fingerprint density at radius 2 is 1.06 bits per heavy atom. The summed E-state index contributed by atoms with van der Waals surface area (Å²) in [4.78, 5) is 2.34. The van der Waals surface area contributed by atoms with Crippen molar-refractivity contribution in [1.82, 2.24) is 0 Å². The fourth-order valence-electron chi connectivity index (χ4n) is 7.37. The van der Waals surface area contributed by atoms with Crippen LogP contribution < -0.4 is 4.90 Å². The number of hydrogen-bond donors (Lipinski definition) is 0. The molecule has 3 heteroatoms. The number of thiophene rings is 1. The van der Waals surface area contributed by atoms with Gasteiger partial charge in [-0.05, 0) is 87.6 Å². The molecule has 0 atom stereocenters. The van der Waals surface area contributed by atoms with Crippen LogP contribution in [0.3, 0.4) is 0 Å². The number of anilines is 3. The van der Waals surface area contributed by atoms with E-state index in [-0.39, 0.29) is 0 Å². The molecule has 2 heterocycles. The summed E-state index contributed by atoms with van der Waals surface area (Å²) in [5.41, 5.74) is 9.62. The van der Waals surface area contributed by atoms with Crippen molar-refractivity contribution in [3.63, 3.8) is 0 Å². The Hall–Kier alpha value is -6.16. The highest BCUT2D eigenvalue weighted by Crippen LogP contribution is 2.46. The van der Waals surface area contributed by atoms with Gasteiger partial charge in [0.25, 0.3) is 0 Å². The maximum atomic E-state index is 8.85. The summed E-state index contributed by atoms with van der Waals surface area (Å²) < 4.78 is 17.2. The lowest BCUT2D eigenvalue weighted by atomic mass is 9.97. The van der Waals surface area contributed by atoms with Gasteiger partial charge in [0, 0.05) is 42.3 Å². The van der Waals surface area contributed by atoms with Crippen LogP contribution in [0.1, 0.15) is 1.37 Å². The topological polar surface area (TPSA) is 16.4 Å². The van der Waals surface area contributed by atoms with E-state index in [1.165, 1.54) is 32.0 Å². The third kappa shape index (κ3) is 4.55. The van der Waals surface area contributed by atoms with Crippen molar-refractivity contribution in [2.75, 3.05) is 4.90 Å². The van der Waals surface area contributed by atoms with Crippen LogP contribution in [0.15, 0.2) is 180 Å². The predicted octanol–water partition coefficient (Wildman–Crippen LogP) is 13.9. The Bertz CT molecular complexity index is 2880. The van der Waals surface area contributed by atoms with Crippen LogP contribution in [-0.4, -0.2) is 0 Å². The van der Waals surface area contributed by atoms with Crippen LogP contribution in [0, 0.1) is 0 Å². The third-order valence-electron chi connectivity index (χ3n) is 9.61. The van der Waals surface area contributed by atoms with Crippen molar-refractivity contribution < 1.29 is 5.79 Å². The molecule has 230 valence electrons. The molecule has 0 amide bonds. The molecule has 2 nitrogen and oxygen atoms in total. The minimum atomic E-state index is 0.548. The summed E-state index contributed by atoms with van der Waals surface area (Å²) in [6, 6.07) is 60.4. The number of para-hydroxylation sites is 1. The molecular formula is C46H29NOS. The quantitative estimate of drug-likeness (QED) is 0.185. The Morgan fingerprint density at radius 1 is 0.449 bits per heavy atom. The van der Waals surface area contributed by atoms with E-state index in [9.17, 15) is 0 Å². The zero-order valence-corrected chi connectivity index (χ0v) is 27.2. The second kappa shape index (κ2) is 11.2. The van der Waals surface area contributed by atoms with Gasteiger partial charge in [-0.3, -0.25) is 0 Å². The Morgan fingerprint density at radius 3 is 1.88 bits per heavy atom. The molecule has 0 fully saturated rings. The Balaban J connectivity index is 1.15. The molecule has 0 N–H and O–H groups in total. The van der Waals surface area contributed by atoms with Gasteiger partial charge in [0.2, 0.25) is 0 Å². The van der Waals surface area contributed by atoms with Crippen LogP contribution in [0.2, 0.25) is 0 Å². The molecule has 8 aromatic carbocycles. The second-order valence-electron chi connectivity index (χ2n) is 12.4. The molecule has 49 heavy (non-hydrogen) atoms. The number of benzene rings is 8. The minimum Gasteiger partial charge on any atom is -0.456 e. The fraction of sp³-hybridized carbons (Fsp3) is 0. The van der Waals surface area contributed by atoms with E-state index in [0.717, 1.165) is 60.2 Å². The van der Waals surface area contributed by atoms with E-state index in [4.69, 9.17) is 5.79 Å². The normalized spacial score (nSPS) is 12.0. The zero-order valence-electron chi connectivity index (χ0n) is 27.4. The van der Waals surface area contributed by atoms with Gasteiger partial charge in [0.1, 0.15) is 11.2 Å². The van der Waals surface area contributed by atoms with E-state index in [1.807, 2.05) is 24.3 Å². The first kappa shape index (κ1) is 26.9. The zero-order chi connectivity index (χ0) is 33.2. The number of fused-ring (bicyclic) bond motifs is 7. The van der Waals surface area contributed by atoms with Crippen molar-refractivity contribution in [3.05, 3.63) is 176 Å². The molecule has 10 aromatic rings. The van der Waals surface area contributed by atoms with Crippen molar-refractivity contribution in [2.45, 2.75) is 0 Å². The highest BCUT2D eigenvalue weighted by atomic mass is 32.1. The minimum absolute atomic E-state index is 0.548. The maximum Gasteiger partial charge on any atom is 0.136 e. The summed E-state index contributed by atoms with van der Waals surface area (Å²) in [5.74, 6) is 0. The molecule has 2 aromatic heterocycles. The average Bonchev–Trinajstić information content (AvgIpc) is 3.76. The Kier molecular flexibility index (Phi) is 6.15. The smallest absolute Gasteiger partial charge is 0.136 e. The summed E-state index contributed by atoms with van der Waals surface area (Å²) in [5, 5.41) is 7.01. The molecule has 0 aliphatic carbocycles. The first-order valence-corrected chi connectivity index (χ1v) is 17.3. The number of furan rings is 1. The molecule has 10 rings (SSSR count). The molecule has 0 aliphatic heterocycles. The lowest BCUT2D eigenvalue weighted by Gasteiger charge is -2.27. The van der Waals surface area contributed by atoms with Crippen LogP contribution in [0.5, 0.6) is 0 Å². The molecular weight excluding hydrogens is 615 g/mol. The molecule has 0 radical (unpaired) electrons. The van der Waals surface area contributed by atoms with Crippen molar-refractivity contribution in [1.29, 1.82) is 0 Å². The van der Waals surface area contributed by atoms with Gasteiger partial charge in [-0.2, -0.15) is 0 Å². The van der Waals surface area contributed by atoms with Gasteiger partial charge in [-0.15, -0.1) is 11.3 Å². The molecule has 0 saturated carbocycles. The maximum absolute atomic E-state index is 8.85. The van der Waals surface area contributed by atoms with Gasteiger partial charge in [-0.25, -0.2) is 0 Å². The standard InChI is InChI=1S/C46H29NOS/c1-2-12-35-30(10-1)11-7-15-36(35)31-22-26-33(27-23-31)47(40-17-9-21-44-46(40)39-14-4-6-20-43(39)49-44)34-28-24-32(25-29-34)37-16-8-19-42-45(37)38-13-3-5-18-41(38)48-42/h1-29H/i21D. The van der Waals surface area contributed by atoms with Gasteiger partial charge >= 0.3 is 0 Å². The summed E-state index contributed by atoms with van der Waals surface area (Å²) in [6.45, 7) is 0. The molecule has 0 spiro atoms. The van der Waals surface area contributed by atoms with Crippen LogP contribution in [-0.2, 0) is 0 Å². The summed E-state index contributed by atoms with van der Waals surface area (Å²) >= 11 is 1.69. The largest absolute Gasteiger partial charge is 0.456 e. The summed E-state index contributed by atoms with van der Waals surface area (Å²) in [7, 11) is 0. The van der Waals surface area contributed by atoms with E-state index in [1.54, 1.807) is 11.3 Å². The van der Waals surface area contributed by atoms with Crippen molar-refractivity contribution in [3.8, 4) is 22.3 Å². The van der Waals surface area contributed by atoms with Gasteiger partial charge < -0.3 is 9.32 Å². The SMILES string of the molecule is [2H]c1ccc(N(c2ccc(-c3cccc4ccccc34)cc2)c2ccc(-c3cccc4oc5ccccc5c34)cc2)c2c1sc1ccccc12. The lowest BCUT2D eigenvalue weighted by Crippen LogP contribution is -2.10. The highest BCUT2D eigenvalue weighted by Gasteiger charge is 2.19.